The van der Waals surface area contributed by atoms with Crippen molar-refractivity contribution >= 4 is 23.2 Å². The third-order valence-corrected chi connectivity index (χ3v) is 4.96. The first-order chi connectivity index (χ1) is 12.2. The molecule has 3 nitrogen and oxygen atoms in total. The fourth-order valence-electron chi connectivity index (χ4n) is 2.84. The molecular formula is C20H20Cl2N2O. The van der Waals surface area contributed by atoms with E-state index in [9.17, 15) is 0 Å². The van der Waals surface area contributed by atoms with Crippen molar-refractivity contribution in [2.45, 2.75) is 32.4 Å². The molecule has 1 aromatic heterocycles. The van der Waals surface area contributed by atoms with Crippen molar-refractivity contribution in [2.24, 2.45) is 0 Å². The first-order valence-corrected chi connectivity index (χ1v) is 9.04. The van der Waals surface area contributed by atoms with Gasteiger partial charge in [0.05, 0.1) is 16.4 Å². The fourth-order valence-corrected chi connectivity index (χ4v) is 3.16. The third kappa shape index (κ3) is 4.56. The number of nitrogens with zero attached hydrogens (tertiary/aromatic N) is 2. The summed E-state index contributed by atoms with van der Waals surface area (Å²) in [5.41, 5.74) is 2.20. The van der Waals surface area contributed by atoms with Gasteiger partial charge in [-0.25, -0.2) is 4.98 Å². The Morgan fingerprint density at radius 2 is 1.96 bits per heavy atom. The highest BCUT2D eigenvalue weighted by molar-refractivity contribution is 6.42. The molecule has 130 valence electrons. The van der Waals surface area contributed by atoms with Crippen LogP contribution < -0.4 is 4.74 Å². The van der Waals surface area contributed by atoms with E-state index >= 15 is 0 Å². The number of aromatic nitrogens is 2. The molecule has 3 rings (SSSR count). The lowest BCUT2D eigenvalue weighted by atomic mass is 9.95. The van der Waals surface area contributed by atoms with E-state index in [2.05, 4.69) is 28.6 Å². The van der Waals surface area contributed by atoms with Crippen LogP contribution in [0, 0.1) is 0 Å². The number of hydrogen-bond donors (Lipinski definition) is 0. The Morgan fingerprint density at radius 1 is 1.12 bits per heavy atom. The zero-order valence-electron chi connectivity index (χ0n) is 14.0. The molecule has 0 saturated heterocycles. The maximum atomic E-state index is 6.09. The van der Waals surface area contributed by atoms with Crippen molar-refractivity contribution in [3.8, 4) is 5.75 Å². The van der Waals surface area contributed by atoms with E-state index in [4.69, 9.17) is 27.9 Å². The average Bonchev–Trinajstić information content (AvgIpc) is 3.14. The molecule has 3 aromatic rings. The molecule has 0 N–H and O–H groups in total. The molecule has 0 aliphatic carbocycles. The van der Waals surface area contributed by atoms with Crippen LogP contribution in [0.2, 0.25) is 10.0 Å². The van der Waals surface area contributed by atoms with E-state index in [1.54, 1.807) is 12.3 Å². The second kappa shape index (κ2) is 8.41. The van der Waals surface area contributed by atoms with Crippen LogP contribution in [0.25, 0.3) is 0 Å². The Morgan fingerprint density at radius 3 is 2.68 bits per heavy atom. The minimum absolute atomic E-state index is 0.360. The van der Waals surface area contributed by atoms with Crippen LogP contribution in [0.4, 0.5) is 0 Å². The van der Waals surface area contributed by atoms with Crippen molar-refractivity contribution in [2.75, 3.05) is 0 Å². The summed E-state index contributed by atoms with van der Waals surface area (Å²) in [5, 5.41) is 1.10. The predicted molar refractivity (Wildman–Crippen MR) is 102 cm³/mol. The van der Waals surface area contributed by atoms with Gasteiger partial charge in [0.1, 0.15) is 12.4 Å². The molecule has 0 radical (unpaired) electrons. The minimum Gasteiger partial charge on any atom is -0.489 e. The second-order valence-corrected chi connectivity index (χ2v) is 6.75. The maximum absolute atomic E-state index is 6.09. The van der Waals surface area contributed by atoms with E-state index < -0.39 is 0 Å². The quantitative estimate of drug-likeness (QED) is 0.509. The smallest absolute Gasteiger partial charge is 0.123 e. The van der Waals surface area contributed by atoms with Crippen molar-refractivity contribution < 1.29 is 4.74 Å². The number of halogens is 2. The van der Waals surface area contributed by atoms with Crippen LogP contribution in [-0.4, -0.2) is 9.55 Å². The standard InChI is InChI=1S/C20H20Cl2N2O/c1-2-16(12-24-10-9-23-14-24)17-5-3-4-6-20(17)25-13-15-7-8-18(21)19(22)11-15/h3-11,14,16H,2,12-13H2,1H3. The lowest BCUT2D eigenvalue weighted by Gasteiger charge is -2.20. The number of benzene rings is 2. The van der Waals surface area contributed by atoms with Crippen molar-refractivity contribution in [3.05, 3.63) is 82.4 Å². The molecule has 2 aromatic carbocycles. The van der Waals surface area contributed by atoms with Gasteiger partial charge in [0.15, 0.2) is 0 Å². The summed E-state index contributed by atoms with van der Waals surface area (Å²) in [4.78, 5) is 4.13. The fraction of sp³-hybridized carbons (Fsp3) is 0.250. The van der Waals surface area contributed by atoms with Crippen molar-refractivity contribution in [1.29, 1.82) is 0 Å². The minimum atomic E-state index is 0.360. The van der Waals surface area contributed by atoms with E-state index in [0.29, 0.717) is 22.6 Å². The molecule has 0 fully saturated rings. The van der Waals surface area contributed by atoms with Crippen LogP contribution in [0.1, 0.15) is 30.4 Å². The molecule has 1 heterocycles. The summed E-state index contributed by atoms with van der Waals surface area (Å²) in [5.74, 6) is 1.26. The summed E-state index contributed by atoms with van der Waals surface area (Å²) >= 11 is 12.1. The van der Waals surface area contributed by atoms with E-state index in [1.165, 1.54) is 5.56 Å². The largest absolute Gasteiger partial charge is 0.489 e. The second-order valence-electron chi connectivity index (χ2n) is 5.94. The Balaban J connectivity index is 1.76. The zero-order valence-corrected chi connectivity index (χ0v) is 15.5. The lowest BCUT2D eigenvalue weighted by molar-refractivity contribution is 0.299. The molecule has 5 heteroatoms. The lowest BCUT2D eigenvalue weighted by Crippen LogP contribution is -2.09. The van der Waals surface area contributed by atoms with Crippen molar-refractivity contribution in [3.63, 3.8) is 0 Å². The van der Waals surface area contributed by atoms with E-state index in [1.807, 2.05) is 36.8 Å². The van der Waals surface area contributed by atoms with Gasteiger partial charge in [-0.05, 0) is 35.7 Å². The van der Waals surface area contributed by atoms with Gasteiger partial charge in [0, 0.05) is 24.9 Å². The summed E-state index contributed by atoms with van der Waals surface area (Å²) in [7, 11) is 0. The van der Waals surface area contributed by atoms with Crippen LogP contribution >= 0.6 is 23.2 Å². The van der Waals surface area contributed by atoms with Gasteiger partial charge < -0.3 is 9.30 Å². The highest BCUT2D eigenvalue weighted by atomic mass is 35.5. The van der Waals surface area contributed by atoms with E-state index in [-0.39, 0.29) is 0 Å². The van der Waals surface area contributed by atoms with Crippen LogP contribution in [0.3, 0.4) is 0 Å². The summed E-state index contributed by atoms with van der Waals surface area (Å²) in [6.45, 7) is 3.52. The molecule has 0 bridgehead atoms. The molecule has 1 unspecified atom stereocenters. The molecule has 0 aliphatic rings. The molecule has 0 saturated carbocycles. The summed E-state index contributed by atoms with van der Waals surface area (Å²) < 4.78 is 8.19. The molecule has 25 heavy (non-hydrogen) atoms. The normalized spacial score (nSPS) is 12.1. The monoisotopic (exact) mass is 374 g/mol. The predicted octanol–water partition coefficient (Wildman–Crippen LogP) is 5.96. The highest BCUT2D eigenvalue weighted by Crippen LogP contribution is 2.31. The zero-order chi connectivity index (χ0) is 17.6. The Labute approximate surface area is 158 Å². The van der Waals surface area contributed by atoms with Crippen LogP contribution in [0.15, 0.2) is 61.2 Å². The first-order valence-electron chi connectivity index (χ1n) is 8.28. The van der Waals surface area contributed by atoms with Gasteiger partial charge in [0.2, 0.25) is 0 Å². The number of imidazole rings is 1. The number of ether oxygens (including phenoxy) is 1. The molecule has 0 aliphatic heterocycles. The number of rotatable bonds is 7. The van der Waals surface area contributed by atoms with Gasteiger partial charge in [-0.3, -0.25) is 0 Å². The topological polar surface area (TPSA) is 27.1 Å². The molecule has 0 spiro atoms. The van der Waals surface area contributed by atoms with Gasteiger partial charge in [-0.1, -0.05) is 54.4 Å². The highest BCUT2D eigenvalue weighted by Gasteiger charge is 2.15. The van der Waals surface area contributed by atoms with E-state index in [0.717, 1.165) is 24.3 Å². The van der Waals surface area contributed by atoms with Gasteiger partial charge in [0.25, 0.3) is 0 Å². The number of para-hydroxylation sites is 1. The Kier molecular flexibility index (Phi) is 6.00. The van der Waals surface area contributed by atoms with Gasteiger partial charge >= 0.3 is 0 Å². The number of hydrogen-bond acceptors (Lipinski definition) is 2. The molecule has 1 atom stereocenters. The first kappa shape index (κ1) is 17.8. The molecular weight excluding hydrogens is 355 g/mol. The van der Waals surface area contributed by atoms with Gasteiger partial charge in [-0.2, -0.15) is 0 Å². The summed E-state index contributed by atoms with van der Waals surface area (Å²) in [6, 6.07) is 13.8. The Hall–Kier alpha value is -1.97. The van der Waals surface area contributed by atoms with Crippen LogP contribution in [0.5, 0.6) is 5.75 Å². The van der Waals surface area contributed by atoms with Crippen LogP contribution in [-0.2, 0) is 13.2 Å². The van der Waals surface area contributed by atoms with Gasteiger partial charge in [-0.15, -0.1) is 0 Å². The molecule has 0 amide bonds. The summed E-state index contributed by atoms with van der Waals surface area (Å²) in [6.07, 6.45) is 6.66. The maximum Gasteiger partial charge on any atom is 0.123 e. The SMILES string of the molecule is CCC(Cn1ccnc1)c1ccccc1OCc1ccc(Cl)c(Cl)c1. The van der Waals surface area contributed by atoms with Crippen molar-refractivity contribution in [1.82, 2.24) is 9.55 Å². The third-order valence-electron chi connectivity index (χ3n) is 4.22. The average molecular weight is 375 g/mol. The Bertz CT molecular complexity index is 818.